The van der Waals surface area contributed by atoms with Crippen LogP contribution in [0.15, 0.2) is 53.1 Å². The summed E-state index contributed by atoms with van der Waals surface area (Å²) in [5, 5.41) is 0.0754. The summed E-state index contributed by atoms with van der Waals surface area (Å²) in [5.41, 5.74) is 1.31. The van der Waals surface area contributed by atoms with E-state index in [1.165, 1.54) is 20.1 Å². The van der Waals surface area contributed by atoms with E-state index in [0.29, 0.717) is 5.76 Å². The first-order valence-electron chi connectivity index (χ1n) is 10.9. The zero-order chi connectivity index (χ0) is 25.2. The van der Waals surface area contributed by atoms with Gasteiger partial charge in [-0.25, -0.2) is 15.0 Å². The van der Waals surface area contributed by atoms with Crippen LogP contribution in [0.1, 0.15) is 31.5 Å². The molecule has 1 aliphatic rings. The van der Waals surface area contributed by atoms with E-state index in [1.807, 2.05) is 30.3 Å². The van der Waals surface area contributed by atoms with Gasteiger partial charge in [0.2, 0.25) is 0 Å². The third-order valence-corrected chi connectivity index (χ3v) is 5.55. The van der Waals surface area contributed by atoms with E-state index < -0.39 is 30.4 Å². The highest BCUT2D eigenvalue weighted by molar-refractivity contribution is 6.33. The Labute approximate surface area is 210 Å². The fraction of sp³-hybridized carbons (Fsp3) is 0.240. The average Bonchev–Trinajstić information content (AvgIpc) is 3.58. The van der Waals surface area contributed by atoms with Crippen LogP contribution in [0.3, 0.4) is 0 Å². The first kappa shape index (κ1) is 23.5. The zero-order valence-electron chi connectivity index (χ0n) is 19.2. The van der Waals surface area contributed by atoms with Crippen molar-refractivity contribution in [3.8, 4) is 23.4 Å². The van der Waals surface area contributed by atoms with Gasteiger partial charge in [-0.05, 0) is 30.2 Å². The molecular formula is C25H19ClN4O6. The van der Waals surface area contributed by atoms with Crippen LogP contribution in [0, 0.1) is 11.8 Å². The Balaban J connectivity index is 1.69. The predicted octanol–water partition coefficient (Wildman–Crippen LogP) is 3.53. The quantitative estimate of drug-likeness (QED) is 0.232. The van der Waals surface area contributed by atoms with Gasteiger partial charge in [-0.2, -0.15) is 0 Å². The highest BCUT2D eigenvalue weighted by Crippen LogP contribution is 2.35. The molecule has 3 aromatic heterocycles. The first-order chi connectivity index (χ1) is 17.4. The van der Waals surface area contributed by atoms with E-state index in [4.69, 9.17) is 30.2 Å². The molecule has 0 N–H and O–H groups in total. The molecule has 0 radical (unpaired) electrons. The number of hydrogen-bond donors (Lipinski definition) is 0. The summed E-state index contributed by atoms with van der Waals surface area (Å²) in [4.78, 5) is 37.1. The number of carbonyl (C=O) groups excluding carboxylic acids is 2. The number of benzene rings is 1. The number of hydrogen-bond acceptors (Lipinski definition) is 9. The van der Waals surface area contributed by atoms with E-state index in [9.17, 15) is 9.59 Å². The molecule has 182 valence electrons. The zero-order valence-corrected chi connectivity index (χ0v) is 19.9. The Hall–Kier alpha value is -4.20. The van der Waals surface area contributed by atoms with E-state index in [2.05, 4.69) is 26.8 Å². The summed E-state index contributed by atoms with van der Waals surface area (Å²) >= 11 is 6.49. The van der Waals surface area contributed by atoms with E-state index in [0.717, 1.165) is 5.56 Å². The van der Waals surface area contributed by atoms with Gasteiger partial charge in [0.15, 0.2) is 46.6 Å². The standard InChI is InChI=1S/C25H19ClN4O6/c1-14(31)35-18-13-34-25(21(18)36-15(2)32)30-19(11-10-16-7-4-3-5-8-16)27-20-22(26)28-23(29-24(20)30)17-9-6-12-33-17/h3-9,12,18,21,25H,13H2,1-2H3/t18-,21-,25-/m1/s1. The van der Waals surface area contributed by atoms with Crippen LogP contribution in [0.2, 0.25) is 5.15 Å². The van der Waals surface area contributed by atoms with Crippen molar-refractivity contribution in [1.82, 2.24) is 19.5 Å². The molecule has 0 aliphatic carbocycles. The van der Waals surface area contributed by atoms with Gasteiger partial charge in [-0.3, -0.25) is 14.2 Å². The third-order valence-electron chi connectivity index (χ3n) is 5.28. The molecule has 10 nitrogen and oxygen atoms in total. The summed E-state index contributed by atoms with van der Waals surface area (Å²) in [6, 6.07) is 12.7. The maximum Gasteiger partial charge on any atom is 0.303 e. The van der Waals surface area contributed by atoms with E-state index in [1.54, 1.807) is 16.7 Å². The van der Waals surface area contributed by atoms with Gasteiger partial charge in [0.1, 0.15) is 5.52 Å². The minimum absolute atomic E-state index is 0.0166. The Morgan fingerprint density at radius 3 is 2.50 bits per heavy atom. The topological polar surface area (TPSA) is 119 Å². The number of fused-ring (bicyclic) bond motifs is 1. The molecule has 0 amide bonds. The Kier molecular flexibility index (Phi) is 6.41. The van der Waals surface area contributed by atoms with Crippen molar-refractivity contribution in [3.63, 3.8) is 0 Å². The summed E-state index contributed by atoms with van der Waals surface area (Å²) in [7, 11) is 0. The van der Waals surface area contributed by atoms with Gasteiger partial charge in [-0.15, -0.1) is 0 Å². The molecule has 1 saturated heterocycles. The molecule has 1 fully saturated rings. The van der Waals surface area contributed by atoms with Crippen molar-refractivity contribution in [2.45, 2.75) is 32.3 Å². The number of halogens is 1. The SMILES string of the molecule is CC(=O)O[C@H]1[C@H](n2c(C#Cc3ccccc3)nc3c(Cl)nc(-c4ccco4)nc32)OC[C@H]1OC(C)=O. The van der Waals surface area contributed by atoms with Gasteiger partial charge >= 0.3 is 11.9 Å². The van der Waals surface area contributed by atoms with Crippen LogP contribution in [0.25, 0.3) is 22.7 Å². The summed E-state index contributed by atoms with van der Waals surface area (Å²) in [6.45, 7) is 2.51. The smallest absolute Gasteiger partial charge is 0.303 e. The summed E-state index contributed by atoms with van der Waals surface area (Å²) in [6.07, 6.45) is -1.29. The first-order valence-corrected chi connectivity index (χ1v) is 11.3. The minimum Gasteiger partial charge on any atom is -0.461 e. The van der Waals surface area contributed by atoms with Gasteiger partial charge in [0.05, 0.1) is 12.9 Å². The number of aromatic nitrogens is 4. The van der Waals surface area contributed by atoms with E-state index >= 15 is 0 Å². The van der Waals surface area contributed by atoms with Crippen molar-refractivity contribution in [2.24, 2.45) is 0 Å². The molecule has 36 heavy (non-hydrogen) atoms. The number of imidazole rings is 1. The maximum absolute atomic E-state index is 11.9. The molecule has 4 heterocycles. The third kappa shape index (κ3) is 4.66. The fourth-order valence-electron chi connectivity index (χ4n) is 3.86. The summed E-state index contributed by atoms with van der Waals surface area (Å²) in [5.74, 6) is 5.84. The second-order valence-corrected chi connectivity index (χ2v) is 8.21. The van der Waals surface area contributed by atoms with Crippen molar-refractivity contribution < 1.29 is 28.2 Å². The van der Waals surface area contributed by atoms with Crippen LogP contribution in [0.5, 0.6) is 0 Å². The number of ether oxygens (including phenoxy) is 3. The molecule has 0 unspecified atom stereocenters. The molecule has 0 spiro atoms. The van der Waals surface area contributed by atoms with Gasteiger partial charge < -0.3 is 18.6 Å². The molecule has 0 bridgehead atoms. The molecule has 4 aromatic rings. The minimum atomic E-state index is -0.984. The molecule has 11 heteroatoms. The predicted molar refractivity (Wildman–Crippen MR) is 127 cm³/mol. The largest absolute Gasteiger partial charge is 0.461 e. The van der Waals surface area contributed by atoms with Crippen LogP contribution < -0.4 is 0 Å². The van der Waals surface area contributed by atoms with Gasteiger partial charge in [0, 0.05) is 19.4 Å². The average molecular weight is 507 g/mol. The Morgan fingerprint density at radius 1 is 1.03 bits per heavy atom. The number of carbonyl (C=O) groups is 2. The maximum atomic E-state index is 11.9. The molecule has 5 rings (SSSR count). The number of nitrogens with zero attached hydrogens (tertiary/aromatic N) is 4. The lowest BCUT2D eigenvalue weighted by molar-refractivity contribution is -0.164. The molecular weight excluding hydrogens is 488 g/mol. The van der Waals surface area contributed by atoms with Crippen LogP contribution in [0.4, 0.5) is 0 Å². The second-order valence-electron chi connectivity index (χ2n) is 7.85. The second kappa shape index (κ2) is 9.81. The molecule has 1 aliphatic heterocycles. The highest BCUT2D eigenvalue weighted by Gasteiger charge is 2.45. The molecule has 0 saturated carbocycles. The number of rotatable bonds is 4. The van der Waals surface area contributed by atoms with Crippen molar-refractivity contribution in [1.29, 1.82) is 0 Å². The Morgan fingerprint density at radius 2 is 1.81 bits per heavy atom. The normalized spacial score (nSPS) is 19.0. The van der Waals surface area contributed by atoms with Gasteiger partial charge in [0.25, 0.3) is 0 Å². The lowest BCUT2D eigenvalue weighted by atomic mass is 10.2. The van der Waals surface area contributed by atoms with Crippen LogP contribution in [-0.2, 0) is 23.8 Å². The van der Waals surface area contributed by atoms with Crippen molar-refractivity contribution >= 4 is 34.7 Å². The van der Waals surface area contributed by atoms with Crippen molar-refractivity contribution in [2.75, 3.05) is 6.61 Å². The number of esters is 2. The molecule has 3 atom stereocenters. The van der Waals surface area contributed by atoms with Crippen LogP contribution >= 0.6 is 11.6 Å². The number of furan rings is 1. The lowest BCUT2D eigenvalue weighted by Crippen LogP contribution is -2.36. The Bertz CT molecular complexity index is 1490. The van der Waals surface area contributed by atoms with Crippen LogP contribution in [-0.4, -0.2) is 50.3 Å². The van der Waals surface area contributed by atoms with E-state index in [-0.39, 0.29) is 34.6 Å². The monoisotopic (exact) mass is 506 g/mol. The lowest BCUT2D eigenvalue weighted by Gasteiger charge is -2.23. The van der Waals surface area contributed by atoms with Crippen molar-refractivity contribution in [3.05, 3.63) is 65.3 Å². The fourth-order valence-corrected chi connectivity index (χ4v) is 4.07. The van der Waals surface area contributed by atoms with Gasteiger partial charge in [-0.1, -0.05) is 35.7 Å². The summed E-state index contributed by atoms with van der Waals surface area (Å²) < 4.78 is 23.9. The molecule has 1 aromatic carbocycles. The highest BCUT2D eigenvalue weighted by atomic mass is 35.5.